The Kier molecular flexibility index (Phi) is 9.21. The molecular weight excluding hydrogens is 584 g/mol. The highest BCUT2D eigenvalue weighted by Gasteiger charge is 2.56. The number of nitrogens with one attached hydrogen (secondary N) is 2. The summed E-state index contributed by atoms with van der Waals surface area (Å²) < 4.78 is 55.9. The fourth-order valence-corrected chi connectivity index (χ4v) is 5.93. The first-order valence-corrected chi connectivity index (χ1v) is 14.8. The lowest BCUT2D eigenvalue weighted by molar-refractivity contribution is -0.149. The van der Waals surface area contributed by atoms with E-state index in [1.54, 1.807) is 31.4 Å². The van der Waals surface area contributed by atoms with Gasteiger partial charge in [-0.05, 0) is 63.5 Å². The largest absolute Gasteiger partial charge is 0.462 e. The molecule has 1 saturated heterocycles. The van der Waals surface area contributed by atoms with Crippen molar-refractivity contribution in [2.24, 2.45) is 0 Å². The van der Waals surface area contributed by atoms with E-state index in [0.717, 1.165) is 29.3 Å². The number of aromatic nitrogens is 4. The molecule has 14 nitrogen and oxygen atoms in total. The Labute approximate surface area is 237 Å². The number of H-pyrrole nitrogens is 1. The number of ether oxygens (including phenoxy) is 2. The van der Waals surface area contributed by atoms with Crippen LogP contribution < -0.4 is 20.9 Å². The van der Waals surface area contributed by atoms with E-state index in [2.05, 4.69) is 14.7 Å². The highest BCUT2D eigenvalue weighted by molar-refractivity contribution is 7.52. The first-order chi connectivity index (χ1) is 19.3. The van der Waals surface area contributed by atoms with Crippen LogP contribution in [-0.4, -0.2) is 66.8 Å². The summed E-state index contributed by atoms with van der Waals surface area (Å²) in [7, 11) is -4.40. The molecule has 3 heterocycles. The van der Waals surface area contributed by atoms with Crippen LogP contribution in [0.5, 0.6) is 5.75 Å². The molecule has 4 rings (SSSR count). The molecule has 1 aliphatic heterocycles. The number of hydrogen-bond donors (Lipinski definition) is 3. The molecule has 6 atom stereocenters. The number of carbonyl (C=O) groups is 1. The Morgan fingerprint density at radius 3 is 2.61 bits per heavy atom. The zero-order valence-corrected chi connectivity index (χ0v) is 24.1. The number of hydrogen-bond acceptors (Lipinski definition) is 12. The lowest BCUT2D eigenvalue weighted by atomic mass is 9.98. The first-order valence-electron chi connectivity index (χ1n) is 12.4. The van der Waals surface area contributed by atoms with Crippen LogP contribution in [-0.2, 0) is 23.4 Å². The van der Waals surface area contributed by atoms with Gasteiger partial charge in [0.25, 0.3) is 5.56 Å². The van der Waals surface area contributed by atoms with Gasteiger partial charge >= 0.3 is 19.4 Å². The number of alkyl halides is 1. The van der Waals surface area contributed by atoms with Gasteiger partial charge in [-0.15, -0.1) is 5.10 Å². The number of esters is 1. The van der Waals surface area contributed by atoms with Gasteiger partial charge in [-0.25, -0.2) is 13.8 Å². The van der Waals surface area contributed by atoms with Crippen molar-refractivity contribution in [3.05, 3.63) is 62.7 Å². The van der Waals surface area contributed by atoms with Crippen molar-refractivity contribution in [1.29, 1.82) is 0 Å². The Morgan fingerprint density at radius 1 is 1.29 bits per heavy atom. The molecule has 1 aliphatic rings. The summed E-state index contributed by atoms with van der Waals surface area (Å²) in [5.41, 5.74) is -2.82. The van der Waals surface area contributed by atoms with Crippen LogP contribution in [0.4, 0.5) is 4.39 Å². The summed E-state index contributed by atoms with van der Waals surface area (Å²) in [6.45, 7) is 5.02. The van der Waals surface area contributed by atoms with Gasteiger partial charge in [-0.1, -0.05) is 4.49 Å². The third-order valence-corrected chi connectivity index (χ3v) is 8.17. The SMILES string of the molecule is CC(C)OC(=O)[C@H](C)NP(=O)(OC[C@H]1O[C@@H](n2ccc(=O)[nH]c2=O)[C@](C)(F)[C@@H]1O)Oc1ccc(-c2csnn2)cc1. The first kappa shape index (κ1) is 30.7. The van der Waals surface area contributed by atoms with E-state index in [1.165, 1.54) is 30.6 Å². The smallest absolute Gasteiger partial charge is 0.459 e. The maximum absolute atomic E-state index is 15.6. The topological polar surface area (TPSA) is 184 Å². The van der Waals surface area contributed by atoms with Crippen molar-refractivity contribution in [2.45, 2.75) is 63.9 Å². The average molecular weight is 614 g/mol. The number of rotatable bonds is 11. The van der Waals surface area contributed by atoms with Gasteiger partial charge in [0.15, 0.2) is 11.9 Å². The molecule has 41 heavy (non-hydrogen) atoms. The van der Waals surface area contributed by atoms with Crippen molar-refractivity contribution in [3.63, 3.8) is 0 Å². The summed E-state index contributed by atoms with van der Waals surface area (Å²) in [5, 5.41) is 18.9. The molecule has 0 amide bonds. The minimum absolute atomic E-state index is 0.0955. The predicted octanol–water partition coefficient (Wildman–Crippen LogP) is 2.18. The molecule has 1 aromatic carbocycles. The van der Waals surface area contributed by atoms with Gasteiger partial charge in [0.2, 0.25) is 0 Å². The molecule has 0 bridgehead atoms. The minimum Gasteiger partial charge on any atom is -0.462 e. The molecule has 3 N–H and O–H groups in total. The second kappa shape index (κ2) is 12.3. The average Bonchev–Trinajstić information content (AvgIpc) is 3.51. The Balaban J connectivity index is 1.54. The predicted molar refractivity (Wildman–Crippen MR) is 144 cm³/mol. The van der Waals surface area contributed by atoms with Crippen LogP contribution in [0.2, 0.25) is 0 Å². The van der Waals surface area contributed by atoms with Crippen LogP contribution in [0.15, 0.2) is 51.5 Å². The van der Waals surface area contributed by atoms with Crippen LogP contribution in [0.25, 0.3) is 11.3 Å². The molecule has 0 saturated carbocycles. The van der Waals surface area contributed by atoms with E-state index in [1.807, 2.05) is 4.98 Å². The Bertz CT molecular complexity index is 1510. The van der Waals surface area contributed by atoms with Crippen molar-refractivity contribution >= 4 is 25.2 Å². The van der Waals surface area contributed by atoms with Crippen molar-refractivity contribution < 1.29 is 37.4 Å². The van der Waals surface area contributed by atoms with E-state index in [4.69, 9.17) is 18.5 Å². The summed E-state index contributed by atoms with van der Waals surface area (Å²) in [5.74, 6) is -0.636. The maximum atomic E-state index is 15.6. The van der Waals surface area contributed by atoms with E-state index in [0.29, 0.717) is 5.69 Å². The molecule has 2 aromatic heterocycles. The van der Waals surface area contributed by atoms with Crippen LogP contribution in [0, 0.1) is 0 Å². The number of aromatic amines is 1. The number of aliphatic hydroxyl groups is 1. The monoisotopic (exact) mass is 613 g/mol. The highest BCUT2D eigenvalue weighted by atomic mass is 32.1. The van der Waals surface area contributed by atoms with Crippen LogP contribution in [0.3, 0.4) is 0 Å². The van der Waals surface area contributed by atoms with Gasteiger partial charge in [-0.3, -0.25) is 23.7 Å². The second-order valence-electron chi connectivity index (χ2n) is 9.68. The van der Waals surface area contributed by atoms with E-state index >= 15 is 4.39 Å². The van der Waals surface area contributed by atoms with Gasteiger partial charge in [0.05, 0.1) is 12.7 Å². The lowest BCUT2D eigenvalue weighted by Gasteiger charge is -2.25. The zero-order valence-electron chi connectivity index (χ0n) is 22.4. The van der Waals surface area contributed by atoms with Gasteiger partial charge < -0.3 is 19.1 Å². The molecule has 0 radical (unpaired) electrons. The van der Waals surface area contributed by atoms with Crippen LogP contribution >= 0.6 is 19.3 Å². The summed E-state index contributed by atoms with van der Waals surface area (Å²) in [6.07, 6.45) is -4.32. The molecule has 222 valence electrons. The van der Waals surface area contributed by atoms with E-state index in [-0.39, 0.29) is 5.75 Å². The molecule has 1 fully saturated rings. The van der Waals surface area contributed by atoms with Gasteiger partial charge in [0, 0.05) is 23.2 Å². The molecular formula is C24H29FN5O9PS. The van der Waals surface area contributed by atoms with Gasteiger partial charge in [0.1, 0.15) is 29.7 Å². The number of nitrogens with zero attached hydrogens (tertiary/aromatic N) is 3. The number of carbonyl (C=O) groups excluding carboxylic acids is 1. The van der Waals surface area contributed by atoms with Crippen molar-refractivity contribution in [1.82, 2.24) is 24.2 Å². The molecule has 0 aliphatic carbocycles. The summed E-state index contributed by atoms with van der Waals surface area (Å²) in [4.78, 5) is 38.1. The molecule has 1 unspecified atom stereocenters. The zero-order chi connectivity index (χ0) is 29.9. The second-order valence-corrected chi connectivity index (χ2v) is 12.0. The Hall–Kier alpha value is -3.27. The number of benzene rings is 1. The molecule has 3 aromatic rings. The number of aliphatic hydroxyl groups excluding tert-OH is 1. The quantitative estimate of drug-likeness (QED) is 0.212. The molecule has 0 spiro atoms. The van der Waals surface area contributed by atoms with E-state index < -0.39 is 67.8 Å². The minimum atomic E-state index is -4.40. The van der Waals surface area contributed by atoms with E-state index in [9.17, 15) is 24.1 Å². The normalized spacial score (nSPS) is 24.6. The van der Waals surface area contributed by atoms with Crippen LogP contribution in [0.1, 0.15) is 33.9 Å². The highest BCUT2D eigenvalue weighted by Crippen LogP contribution is 2.47. The lowest BCUT2D eigenvalue weighted by Crippen LogP contribution is -2.43. The third-order valence-electron chi connectivity index (χ3n) is 6.02. The van der Waals surface area contributed by atoms with Gasteiger partial charge in [-0.2, -0.15) is 5.09 Å². The summed E-state index contributed by atoms with van der Waals surface area (Å²) >= 11 is 1.18. The number of halogens is 1. The molecule has 17 heteroatoms. The summed E-state index contributed by atoms with van der Waals surface area (Å²) in [6, 6.07) is 6.15. The fraction of sp³-hybridized carbons (Fsp3) is 0.458. The van der Waals surface area contributed by atoms with Crippen molar-refractivity contribution in [3.8, 4) is 17.0 Å². The maximum Gasteiger partial charge on any atom is 0.459 e. The standard InChI is InChI=1S/C24H29FN5O9PS/c1-13(2)37-21(33)14(3)28-40(35,39-16-7-5-15(6-8-16)17-12-41-29-27-17)36-11-18-20(32)24(4,25)22(38-18)30-10-9-19(31)26-23(30)34/h5-10,12-14,18,20,22,32H,11H2,1-4H3,(H,28,35)(H,26,31,34)/t14-,18+,20+,22+,24+,40?/m0/s1. The fourth-order valence-electron chi connectivity index (χ4n) is 3.96. The third kappa shape index (κ3) is 7.15. The Morgan fingerprint density at radius 2 is 2.00 bits per heavy atom. The van der Waals surface area contributed by atoms with Crippen molar-refractivity contribution in [2.75, 3.05) is 6.61 Å².